The van der Waals surface area contributed by atoms with Gasteiger partial charge in [-0.3, -0.25) is 0 Å². The van der Waals surface area contributed by atoms with Gasteiger partial charge in [-0.25, -0.2) is 0 Å². The minimum atomic E-state index is -0.944. The zero-order chi connectivity index (χ0) is 21.5. The molecule has 0 aliphatic heterocycles. The Hall–Kier alpha value is -3.70. The van der Waals surface area contributed by atoms with Crippen molar-refractivity contribution in [1.29, 1.82) is 0 Å². The van der Waals surface area contributed by atoms with Crippen LogP contribution in [0.15, 0.2) is 109 Å². The lowest BCUT2D eigenvalue weighted by Crippen LogP contribution is -2.36. The lowest BCUT2D eigenvalue weighted by Gasteiger charge is -2.16. The van der Waals surface area contributed by atoms with Crippen LogP contribution in [-0.2, 0) is 0 Å². The standard InChI is InChI=1S/C26H23BO4/c1-20(28)21-12-14-22(15-13-21)23-16-18-26(19-17-23)31-27(29-24-8-4-2-5-9-24)30-25-10-6-3-7-11-25/h2-20,28H,1H3. The molecule has 4 nitrogen and oxygen atoms in total. The molecule has 1 unspecified atom stereocenters. The van der Waals surface area contributed by atoms with Crippen molar-refractivity contribution in [3.63, 3.8) is 0 Å². The van der Waals surface area contributed by atoms with Crippen LogP contribution >= 0.6 is 0 Å². The van der Waals surface area contributed by atoms with Gasteiger partial charge in [0.25, 0.3) is 0 Å². The lowest BCUT2D eigenvalue weighted by atomic mass is 10.0. The first-order valence-electron chi connectivity index (χ1n) is 10.2. The van der Waals surface area contributed by atoms with Gasteiger partial charge in [0, 0.05) is 0 Å². The molecule has 1 atom stereocenters. The van der Waals surface area contributed by atoms with Crippen LogP contribution in [0.1, 0.15) is 18.6 Å². The monoisotopic (exact) mass is 410 g/mol. The molecular formula is C26H23BO4. The van der Waals surface area contributed by atoms with Gasteiger partial charge in [-0.1, -0.05) is 72.8 Å². The average molecular weight is 410 g/mol. The van der Waals surface area contributed by atoms with Crippen LogP contribution < -0.4 is 14.0 Å². The second-order valence-electron chi connectivity index (χ2n) is 7.09. The molecule has 0 heterocycles. The van der Waals surface area contributed by atoms with E-state index in [1.54, 1.807) is 6.92 Å². The Morgan fingerprint density at radius 1 is 0.548 bits per heavy atom. The molecule has 4 rings (SSSR count). The SMILES string of the molecule is CC(O)c1ccc(-c2ccc(OB(Oc3ccccc3)Oc3ccccc3)cc2)cc1. The van der Waals surface area contributed by atoms with E-state index in [1.807, 2.05) is 109 Å². The summed E-state index contributed by atoms with van der Waals surface area (Å²) >= 11 is 0. The Balaban J connectivity index is 1.49. The number of hydrogen-bond acceptors (Lipinski definition) is 4. The molecule has 4 aromatic rings. The van der Waals surface area contributed by atoms with Crippen LogP contribution in [0.5, 0.6) is 17.2 Å². The zero-order valence-corrected chi connectivity index (χ0v) is 17.2. The molecule has 0 fully saturated rings. The van der Waals surface area contributed by atoms with Crippen LogP contribution in [0.2, 0.25) is 0 Å². The first-order valence-corrected chi connectivity index (χ1v) is 10.2. The normalized spacial score (nSPS) is 11.4. The molecule has 0 spiro atoms. The summed E-state index contributed by atoms with van der Waals surface area (Å²) in [6.45, 7) is 1.76. The maximum Gasteiger partial charge on any atom is 0.864 e. The van der Waals surface area contributed by atoms with Crippen LogP contribution in [0.4, 0.5) is 0 Å². The summed E-state index contributed by atoms with van der Waals surface area (Å²) in [7, 11) is -0.944. The molecule has 0 radical (unpaired) electrons. The number of rotatable bonds is 8. The van der Waals surface area contributed by atoms with E-state index in [-0.39, 0.29) is 0 Å². The second kappa shape index (κ2) is 9.87. The van der Waals surface area contributed by atoms with Gasteiger partial charge in [-0.2, -0.15) is 0 Å². The van der Waals surface area contributed by atoms with Crippen molar-refractivity contribution in [2.24, 2.45) is 0 Å². The van der Waals surface area contributed by atoms with Crippen molar-refractivity contribution >= 4 is 7.32 Å². The summed E-state index contributed by atoms with van der Waals surface area (Å²) < 4.78 is 17.8. The second-order valence-corrected chi connectivity index (χ2v) is 7.09. The molecule has 4 aromatic carbocycles. The highest BCUT2D eigenvalue weighted by Crippen LogP contribution is 2.25. The summed E-state index contributed by atoms with van der Waals surface area (Å²) in [5, 5.41) is 9.68. The number of aliphatic hydroxyl groups excluding tert-OH is 1. The van der Waals surface area contributed by atoms with Crippen LogP contribution in [0, 0.1) is 0 Å². The Kier molecular flexibility index (Phi) is 6.55. The Morgan fingerprint density at radius 3 is 1.35 bits per heavy atom. The molecule has 0 amide bonds. The Bertz CT molecular complexity index is 1020. The summed E-state index contributed by atoms with van der Waals surface area (Å²) in [4.78, 5) is 0. The molecule has 0 saturated carbocycles. The van der Waals surface area contributed by atoms with E-state index >= 15 is 0 Å². The summed E-state index contributed by atoms with van der Waals surface area (Å²) in [5.74, 6) is 1.93. The number of aliphatic hydroxyl groups is 1. The summed E-state index contributed by atoms with van der Waals surface area (Å²) in [5.41, 5.74) is 3.00. The maximum absolute atomic E-state index is 9.68. The van der Waals surface area contributed by atoms with E-state index in [0.29, 0.717) is 17.2 Å². The quantitative estimate of drug-likeness (QED) is 0.366. The average Bonchev–Trinajstić information content (AvgIpc) is 2.81. The predicted molar refractivity (Wildman–Crippen MR) is 123 cm³/mol. The van der Waals surface area contributed by atoms with Gasteiger partial charge in [0.1, 0.15) is 17.2 Å². The third-order valence-electron chi connectivity index (χ3n) is 4.76. The topological polar surface area (TPSA) is 47.9 Å². The number of benzene rings is 4. The van der Waals surface area contributed by atoms with Gasteiger partial charge in [-0.15, -0.1) is 0 Å². The highest BCUT2D eigenvalue weighted by Gasteiger charge is 2.30. The molecule has 1 N–H and O–H groups in total. The van der Waals surface area contributed by atoms with Crippen LogP contribution in [-0.4, -0.2) is 12.4 Å². The maximum atomic E-state index is 9.68. The van der Waals surface area contributed by atoms with Crippen molar-refractivity contribution in [1.82, 2.24) is 0 Å². The Labute approximate surface area is 182 Å². The number of para-hydroxylation sites is 2. The van der Waals surface area contributed by atoms with Crippen molar-refractivity contribution in [2.45, 2.75) is 13.0 Å². The van der Waals surface area contributed by atoms with Crippen molar-refractivity contribution in [3.8, 4) is 28.4 Å². The molecule has 154 valence electrons. The first kappa shape index (κ1) is 20.6. The van der Waals surface area contributed by atoms with Gasteiger partial charge < -0.3 is 19.1 Å². The fraction of sp³-hybridized carbons (Fsp3) is 0.0769. The van der Waals surface area contributed by atoms with Gasteiger partial charge in [0.2, 0.25) is 0 Å². The molecule has 0 bridgehead atoms. The molecule has 0 saturated heterocycles. The van der Waals surface area contributed by atoms with Crippen LogP contribution in [0.25, 0.3) is 11.1 Å². The Morgan fingerprint density at radius 2 is 0.935 bits per heavy atom. The third kappa shape index (κ3) is 5.68. The van der Waals surface area contributed by atoms with Gasteiger partial charge in [0.05, 0.1) is 6.10 Å². The molecule has 0 aromatic heterocycles. The van der Waals surface area contributed by atoms with Crippen molar-refractivity contribution in [2.75, 3.05) is 0 Å². The fourth-order valence-electron chi connectivity index (χ4n) is 3.08. The fourth-order valence-corrected chi connectivity index (χ4v) is 3.08. The highest BCUT2D eigenvalue weighted by molar-refractivity contribution is 6.39. The molecule has 0 aliphatic carbocycles. The zero-order valence-electron chi connectivity index (χ0n) is 17.2. The smallest absolute Gasteiger partial charge is 0.490 e. The highest BCUT2D eigenvalue weighted by atomic mass is 16.7. The van der Waals surface area contributed by atoms with E-state index in [4.69, 9.17) is 14.0 Å². The minimum Gasteiger partial charge on any atom is -0.490 e. The van der Waals surface area contributed by atoms with E-state index in [9.17, 15) is 5.11 Å². The summed E-state index contributed by atoms with van der Waals surface area (Å²) in [6.07, 6.45) is -0.476. The third-order valence-corrected chi connectivity index (χ3v) is 4.76. The lowest BCUT2D eigenvalue weighted by molar-refractivity contribution is 0.199. The van der Waals surface area contributed by atoms with E-state index in [1.165, 1.54) is 0 Å². The van der Waals surface area contributed by atoms with E-state index in [2.05, 4.69) is 0 Å². The van der Waals surface area contributed by atoms with Crippen LogP contribution in [0.3, 0.4) is 0 Å². The van der Waals surface area contributed by atoms with E-state index in [0.717, 1.165) is 16.7 Å². The van der Waals surface area contributed by atoms with Crippen molar-refractivity contribution < 1.29 is 19.1 Å². The number of hydrogen-bond donors (Lipinski definition) is 1. The van der Waals surface area contributed by atoms with Gasteiger partial charge >= 0.3 is 7.32 Å². The van der Waals surface area contributed by atoms with Crippen molar-refractivity contribution in [3.05, 3.63) is 115 Å². The molecule has 5 heteroatoms. The molecule has 0 aliphatic rings. The first-order chi connectivity index (χ1) is 15.2. The summed E-state index contributed by atoms with van der Waals surface area (Å²) in [6, 6.07) is 34.4. The van der Waals surface area contributed by atoms with Gasteiger partial charge in [-0.05, 0) is 60.0 Å². The van der Waals surface area contributed by atoms with Gasteiger partial charge in [0.15, 0.2) is 0 Å². The molecule has 31 heavy (non-hydrogen) atoms. The minimum absolute atomic E-state index is 0.476. The molecular weight excluding hydrogens is 387 g/mol. The predicted octanol–water partition coefficient (Wildman–Crippen LogP) is 5.93. The largest absolute Gasteiger partial charge is 0.864 e. The van der Waals surface area contributed by atoms with E-state index < -0.39 is 13.4 Å².